The number of hydrogen-bond acceptors (Lipinski definition) is 1. The first-order valence-corrected chi connectivity index (χ1v) is 12.1. The number of hydrogen-bond donors (Lipinski definition) is 2. The number of aliphatic hydroxyl groups is 1. The Morgan fingerprint density at radius 3 is 2.50 bits per heavy atom. The van der Waals surface area contributed by atoms with Crippen LogP contribution < -0.4 is 4.90 Å². The summed E-state index contributed by atoms with van der Waals surface area (Å²) >= 11 is 0. The number of benzene rings is 2. The summed E-state index contributed by atoms with van der Waals surface area (Å²) in [7, 11) is 0. The van der Waals surface area contributed by atoms with Gasteiger partial charge in [-0.2, -0.15) is 0 Å². The van der Waals surface area contributed by atoms with Gasteiger partial charge in [-0.15, -0.1) is 0 Å². The Kier molecular flexibility index (Phi) is 8.13. The largest absolute Gasteiger partial charge is 0.387 e. The van der Waals surface area contributed by atoms with Crippen LogP contribution in [-0.2, 0) is 19.5 Å². The molecule has 0 radical (unpaired) electrons. The summed E-state index contributed by atoms with van der Waals surface area (Å²) in [6, 6.07) is 21.4. The van der Waals surface area contributed by atoms with Crippen molar-refractivity contribution >= 4 is 0 Å². The fourth-order valence-corrected chi connectivity index (χ4v) is 5.17. The summed E-state index contributed by atoms with van der Waals surface area (Å²) in [5.41, 5.74) is 3.40. The molecule has 170 valence electrons. The second-order valence-electron chi connectivity index (χ2n) is 9.44. The molecule has 1 heterocycles. The van der Waals surface area contributed by atoms with Gasteiger partial charge in [-0.25, -0.2) is 4.39 Å². The molecule has 32 heavy (non-hydrogen) atoms. The quantitative estimate of drug-likeness (QED) is 0.490. The molecule has 1 aliphatic carbocycles. The van der Waals surface area contributed by atoms with Gasteiger partial charge in [0, 0.05) is 25.1 Å². The van der Waals surface area contributed by atoms with Crippen LogP contribution in [0.25, 0.3) is 0 Å². The van der Waals surface area contributed by atoms with Crippen LogP contribution in [0, 0.1) is 11.7 Å². The highest BCUT2D eigenvalue weighted by Gasteiger charge is 2.23. The minimum absolute atomic E-state index is 0.190. The zero-order chi connectivity index (χ0) is 22.2. The lowest BCUT2D eigenvalue weighted by molar-refractivity contribution is -0.920. The van der Waals surface area contributed by atoms with Crippen LogP contribution in [0.3, 0.4) is 0 Å². The van der Waals surface area contributed by atoms with Crippen LogP contribution in [0.5, 0.6) is 0 Å². The lowest BCUT2D eigenvalue weighted by Gasteiger charge is -2.29. The van der Waals surface area contributed by atoms with Crippen molar-refractivity contribution < 1.29 is 14.4 Å². The van der Waals surface area contributed by atoms with E-state index in [0.717, 1.165) is 31.1 Å². The van der Waals surface area contributed by atoms with E-state index in [0.29, 0.717) is 13.0 Å². The van der Waals surface area contributed by atoms with Crippen molar-refractivity contribution in [1.29, 1.82) is 0 Å². The number of nitrogens with one attached hydrogen (secondary N) is 1. The summed E-state index contributed by atoms with van der Waals surface area (Å²) in [6.07, 6.45) is 9.06. The third kappa shape index (κ3) is 6.78. The Morgan fingerprint density at radius 1 is 0.938 bits per heavy atom. The van der Waals surface area contributed by atoms with Crippen LogP contribution in [0.1, 0.15) is 48.9 Å². The van der Waals surface area contributed by atoms with Gasteiger partial charge in [0.2, 0.25) is 0 Å². The normalized spacial score (nSPS) is 16.7. The molecule has 1 saturated carbocycles. The first-order valence-electron chi connectivity index (χ1n) is 12.1. The van der Waals surface area contributed by atoms with Crippen molar-refractivity contribution in [3.8, 4) is 0 Å². The average Bonchev–Trinajstić information content (AvgIpc) is 3.21. The molecule has 3 nitrogen and oxygen atoms in total. The minimum atomic E-state index is -0.359. The van der Waals surface area contributed by atoms with E-state index >= 15 is 0 Å². The third-order valence-corrected chi connectivity index (χ3v) is 6.74. The highest BCUT2D eigenvalue weighted by atomic mass is 19.1. The Balaban J connectivity index is 1.44. The number of aromatic nitrogens is 1. The molecule has 2 N–H and O–H groups in total. The van der Waals surface area contributed by atoms with Gasteiger partial charge < -0.3 is 14.6 Å². The zero-order valence-corrected chi connectivity index (χ0v) is 18.9. The van der Waals surface area contributed by atoms with E-state index in [1.54, 1.807) is 12.1 Å². The van der Waals surface area contributed by atoms with Crippen molar-refractivity contribution in [2.24, 2.45) is 5.92 Å². The minimum Gasteiger partial charge on any atom is -0.387 e. The molecule has 4 heteroatoms. The van der Waals surface area contributed by atoms with E-state index in [-0.39, 0.29) is 11.9 Å². The number of nitrogens with zero attached hydrogens (tertiary/aromatic N) is 1. The molecule has 0 saturated heterocycles. The van der Waals surface area contributed by atoms with Crippen LogP contribution in [0.4, 0.5) is 4.39 Å². The molecular formula is C28H36FN2O+. The molecule has 1 aliphatic rings. The second kappa shape index (κ2) is 11.4. The number of halogens is 1. The fraction of sp³-hybridized carbons (Fsp3) is 0.429. The Labute approximate surface area is 191 Å². The van der Waals surface area contributed by atoms with Crippen molar-refractivity contribution in [1.82, 2.24) is 4.57 Å². The molecular weight excluding hydrogens is 399 g/mol. The van der Waals surface area contributed by atoms with E-state index in [1.807, 2.05) is 24.3 Å². The molecule has 0 aliphatic heterocycles. The lowest BCUT2D eigenvalue weighted by Crippen LogP contribution is -3.12. The number of aliphatic hydroxyl groups excluding tert-OH is 1. The molecule has 0 bridgehead atoms. The molecule has 3 aromatic rings. The van der Waals surface area contributed by atoms with Crippen molar-refractivity contribution in [3.63, 3.8) is 0 Å². The van der Waals surface area contributed by atoms with E-state index in [1.165, 1.54) is 54.3 Å². The van der Waals surface area contributed by atoms with Crippen molar-refractivity contribution in [2.45, 2.75) is 57.7 Å². The molecule has 2 aromatic carbocycles. The SMILES string of the molecule is O[C@@H](Cc1ccccc1)C[NH+](Cc1cccn1Cc1cccc(F)c1)CC1CCCCC1. The second-order valence-corrected chi connectivity index (χ2v) is 9.44. The number of quaternary nitrogens is 1. The monoisotopic (exact) mass is 435 g/mol. The van der Waals surface area contributed by atoms with Crippen LogP contribution in [0.2, 0.25) is 0 Å². The summed E-state index contributed by atoms with van der Waals surface area (Å²) < 4.78 is 15.9. The smallest absolute Gasteiger partial charge is 0.123 e. The lowest BCUT2D eigenvalue weighted by atomic mass is 9.89. The molecule has 1 unspecified atom stereocenters. The molecule has 1 fully saturated rings. The average molecular weight is 436 g/mol. The van der Waals surface area contributed by atoms with Gasteiger partial charge in [-0.05, 0) is 48.2 Å². The van der Waals surface area contributed by atoms with Gasteiger partial charge in [-0.1, -0.05) is 61.7 Å². The molecule has 1 aromatic heterocycles. The highest BCUT2D eigenvalue weighted by molar-refractivity contribution is 5.19. The Bertz CT molecular complexity index is 949. The first-order chi connectivity index (χ1) is 15.7. The summed E-state index contributed by atoms with van der Waals surface area (Å²) in [5, 5.41) is 10.9. The van der Waals surface area contributed by atoms with Gasteiger partial charge in [-0.3, -0.25) is 0 Å². The van der Waals surface area contributed by atoms with Gasteiger partial charge in [0.15, 0.2) is 0 Å². The topological polar surface area (TPSA) is 29.6 Å². The molecule has 0 amide bonds. The summed E-state index contributed by atoms with van der Waals surface area (Å²) in [6.45, 7) is 3.40. The van der Waals surface area contributed by atoms with Crippen molar-refractivity contribution in [3.05, 3.63) is 95.6 Å². The van der Waals surface area contributed by atoms with E-state index < -0.39 is 0 Å². The van der Waals surface area contributed by atoms with Crippen molar-refractivity contribution in [2.75, 3.05) is 13.1 Å². The van der Waals surface area contributed by atoms with Gasteiger partial charge in [0.25, 0.3) is 0 Å². The maximum atomic E-state index is 13.6. The third-order valence-electron chi connectivity index (χ3n) is 6.74. The summed E-state index contributed by atoms with van der Waals surface area (Å²) in [4.78, 5) is 1.44. The first kappa shape index (κ1) is 22.8. The van der Waals surface area contributed by atoms with Gasteiger partial charge >= 0.3 is 0 Å². The fourth-order valence-electron chi connectivity index (χ4n) is 5.17. The van der Waals surface area contributed by atoms with Crippen LogP contribution in [0.15, 0.2) is 72.9 Å². The molecule has 4 rings (SSSR count). The number of rotatable bonds is 10. The predicted octanol–water partition coefficient (Wildman–Crippen LogP) is 4.24. The molecule has 2 atom stereocenters. The summed E-state index contributed by atoms with van der Waals surface area (Å²) in [5.74, 6) is 0.555. The highest BCUT2D eigenvalue weighted by Crippen LogP contribution is 2.22. The van der Waals surface area contributed by atoms with Gasteiger partial charge in [0.05, 0.1) is 12.2 Å². The van der Waals surface area contributed by atoms with Crippen LogP contribution in [-0.4, -0.2) is 28.9 Å². The van der Waals surface area contributed by atoms with E-state index in [2.05, 4.69) is 35.0 Å². The van der Waals surface area contributed by atoms with E-state index in [4.69, 9.17) is 0 Å². The Morgan fingerprint density at radius 2 is 1.72 bits per heavy atom. The van der Waals surface area contributed by atoms with E-state index in [9.17, 15) is 9.50 Å². The van der Waals surface area contributed by atoms with Gasteiger partial charge in [0.1, 0.15) is 25.0 Å². The maximum absolute atomic E-state index is 13.6. The zero-order valence-electron chi connectivity index (χ0n) is 18.9. The maximum Gasteiger partial charge on any atom is 0.123 e. The van der Waals surface area contributed by atoms with Crippen LogP contribution >= 0.6 is 0 Å². The Hall–Kier alpha value is -2.43. The molecule has 0 spiro atoms. The predicted molar refractivity (Wildman–Crippen MR) is 127 cm³/mol. The standard InChI is InChI=1S/C28H35FN2O/c29-26-14-7-13-25(17-26)20-31-16-8-15-27(31)21-30(19-24-11-5-2-6-12-24)22-28(32)18-23-9-3-1-4-10-23/h1,3-4,7-10,13-17,24,28,32H,2,5-6,11-12,18-22H2/p+1/t28-/m0/s1.